The van der Waals surface area contributed by atoms with Crippen LogP contribution >= 0.6 is 15.9 Å². The summed E-state index contributed by atoms with van der Waals surface area (Å²) >= 11 is 3.43. The lowest BCUT2D eigenvalue weighted by Gasteiger charge is -2.43. The number of nitrogens with one attached hydrogen (secondary N) is 1. The Balaban J connectivity index is 1.23. The molecule has 0 bridgehead atoms. The Morgan fingerprint density at radius 1 is 0.953 bits per heavy atom. The molecule has 11 nitrogen and oxygen atoms in total. The van der Waals surface area contributed by atoms with Gasteiger partial charge in [-0.2, -0.15) is 4.72 Å². The molecule has 0 aromatic heterocycles. The Morgan fingerprint density at radius 2 is 1.70 bits per heavy atom. The third-order valence-corrected chi connectivity index (χ3v) is 10.4. The number of hydrogen-bond donors (Lipinski definition) is 1. The third-order valence-electron chi connectivity index (χ3n) is 8.45. The van der Waals surface area contributed by atoms with E-state index in [9.17, 15) is 22.8 Å². The van der Waals surface area contributed by atoms with Crippen LogP contribution in [0.15, 0.2) is 45.8 Å². The molecule has 2 amide bonds. The van der Waals surface area contributed by atoms with Gasteiger partial charge in [0.05, 0.1) is 30.6 Å². The molecule has 3 aliphatic rings. The van der Waals surface area contributed by atoms with E-state index in [-0.39, 0.29) is 41.8 Å². The molecule has 2 atom stereocenters. The second-order valence-corrected chi connectivity index (χ2v) is 14.1. The molecule has 0 saturated carbocycles. The minimum Gasteiger partial charge on any atom is -0.465 e. The van der Waals surface area contributed by atoms with Crippen molar-refractivity contribution in [1.29, 1.82) is 0 Å². The number of esters is 1. The Hall–Kier alpha value is -2.58. The second-order valence-electron chi connectivity index (χ2n) is 11.5. The lowest BCUT2D eigenvalue weighted by atomic mass is 10.1. The van der Waals surface area contributed by atoms with Gasteiger partial charge in [-0.25, -0.2) is 8.42 Å². The van der Waals surface area contributed by atoms with Crippen LogP contribution in [-0.2, 0) is 29.1 Å². The third kappa shape index (κ3) is 7.93. The van der Waals surface area contributed by atoms with Crippen molar-refractivity contribution in [2.45, 2.75) is 49.6 Å². The van der Waals surface area contributed by atoms with Crippen molar-refractivity contribution in [2.24, 2.45) is 0 Å². The number of carbonyl (C=O) groups excluding carboxylic acids is 3. The molecular formula is C30H40BrN5O6S. The van der Waals surface area contributed by atoms with Gasteiger partial charge in [-0.1, -0.05) is 28.1 Å². The zero-order chi connectivity index (χ0) is 30.6. The van der Waals surface area contributed by atoms with E-state index in [2.05, 4.69) is 25.6 Å². The number of carbonyl (C=O) groups is 3. The number of fused-ring (bicyclic) bond motifs is 1. The normalized spacial score (nSPS) is 22.3. The van der Waals surface area contributed by atoms with E-state index in [1.165, 1.54) is 11.0 Å². The highest BCUT2D eigenvalue weighted by Gasteiger charge is 2.37. The number of nitrogens with zero attached hydrogens (tertiary/aromatic N) is 4. The molecule has 13 heteroatoms. The minimum atomic E-state index is -3.96. The van der Waals surface area contributed by atoms with E-state index in [1.54, 1.807) is 19.1 Å². The van der Waals surface area contributed by atoms with Crippen molar-refractivity contribution in [3.63, 3.8) is 0 Å². The maximum Gasteiger partial charge on any atom is 0.320 e. The molecular weight excluding hydrogens is 638 g/mol. The molecule has 43 heavy (non-hydrogen) atoms. The summed E-state index contributed by atoms with van der Waals surface area (Å²) in [4.78, 5) is 47.0. The van der Waals surface area contributed by atoms with Crippen molar-refractivity contribution in [1.82, 2.24) is 24.3 Å². The van der Waals surface area contributed by atoms with Crippen LogP contribution < -0.4 is 4.72 Å². The van der Waals surface area contributed by atoms with Crippen LogP contribution in [0.3, 0.4) is 0 Å². The molecule has 1 N–H and O–H groups in total. The van der Waals surface area contributed by atoms with Gasteiger partial charge in [-0.3, -0.25) is 19.3 Å². The molecule has 2 aromatic carbocycles. The van der Waals surface area contributed by atoms with Gasteiger partial charge in [-0.05, 0) is 80.7 Å². The average molecular weight is 679 g/mol. The average Bonchev–Trinajstić information content (AvgIpc) is 3.48. The maximum atomic E-state index is 13.7. The summed E-state index contributed by atoms with van der Waals surface area (Å²) < 4.78 is 35.2. The lowest BCUT2D eigenvalue weighted by molar-refractivity contribution is -0.148. The number of halogens is 1. The molecule has 3 aliphatic heterocycles. The van der Waals surface area contributed by atoms with Gasteiger partial charge < -0.3 is 19.4 Å². The van der Waals surface area contributed by atoms with Crippen LogP contribution in [0, 0.1) is 0 Å². The zero-order valence-electron chi connectivity index (χ0n) is 24.5. The van der Waals surface area contributed by atoms with E-state index >= 15 is 0 Å². The van der Waals surface area contributed by atoms with Gasteiger partial charge in [0, 0.05) is 37.2 Å². The fourth-order valence-electron chi connectivity index (χ4n) is 6.28. The second kappa shape index (κ2) is 14.0. The monoisotopic (exact) mass is 677 g/mol. The fourth-order valence-corrected chi connectivity index (χ4v) is 7.92. The number of amides is 2. The largest absolute Gasteiger partial charge is 0.465 e. The van der Waals surface area contributed by atoms with Crippen molar-refractivity contribution < 1.29 is 27.5 Å². The number of sulfonamides is 1. The van der Waals surface area contributed by atoms with Crippen LogP contribution in [0.4, 0.5) is 0 Å². The van der Waals surface area contributed by atoms with Crippen LogP contribution in [0.5, 0.6) is 0 Å². The minimum absolute atomic E-state index is 0.0915. The van der Waals surface area contributed by atoms with Crippen LogP contribution in [0.1, 0.15) is 32.6 Å². The highest BCUT2D eigenvalue weighted by atomic mass is 79.9. The fraction of sp³-hybridized carbons (Fsp3) is 0.567. The van der Waals surface area contributed by atoms with E-state index in [0.29, 0.717) is 52.2 Å². The van der Waals surface area contributed by atoms with E-state index in [1.807, 2.05) is 28.0 Å². The van der Waals surface area contributed by atoms with Gasteiger partial charge in [-0.15, -0.1) is 0 Å². The summed E-state index contributed by atoms with van der Waals surface area (Å²) in [5.74, 6) is -0.811. The lowest BCUT2D eigenvalue weighted by Crippen LogP contribution is -2.61. The molecule has 234 valence electrons. The number of likely N-dealkylation sites (tertiary alicyclic amines) is 2. The summed E-state index contributed by atoms with van der Waals surface area (Å²) in [7, 11) is -3.96. The topological polar surface area (TPSA) is 120 Å². The van der Waals surface area contributed by atoms with Gasteiger partial charge in [0.25, 0.3) is 0 Å². The Kier molecular flexibility index (Phi) is 10.4. The highest BCUT2D eigenvalue weighted by molar-refractivity contribution is 9.10. The zero-order valence-corrected chi connectivity index (χ0v) is 26.9. The standard InChI is InChI=1S/C30H40BrN5O6S/c1-2-42-29(38)21-34-14-15-36(25(19-34)18-33-11-3-4-12-33)28(37)20-35-13-5-6-27(30(35)39)32-43(40,41)26-10-8-22-16-24(31)9-7-23(22)17-26/h7-10,16-17,25,27,32H,2-6,11-15,18-21H2,1H3/t25?,27-/m0/s1. The molecule has 0 aliphatic carbocycles. The van der Waals surface area contributed by atoms with Crippen LogP contribution in [0.25, 0.3) is 10.8 Å². The van der Waals surface area contributed by atoms with Crippen LogP contribution in [-0.4, -0.2) is 123 Å². The first-order valence-corrected chi connectivity index (χ1v) is 17.3. The summed E-state index contributed by atoms with van der Waals surface area (Å²) in [5, 5.41) is 1.68. The van der Waals surface area contributed by atoms with Crippen molar-refractivity contribution in [2.75, 3.05) is 65.5 Å². The Labute approximate surface area is 261 Å². The number of ether oxygens (including phenoxy) is 1. The number of piperidine rings is 1. The molecule has 3 saturated heterocycles. The smallest absolute Gasteiger partial charge is 0.320 e. The first-order valence-electron chi connectivity index (χ1n) is 15.0. The Bertz CT molecular complexity index is 1450. The van der Waals surface area contributed by atoms with Crippen molar-refractivity contribution >= 4 is 54.5 Å². The number of piperazine rings is 1. The summed E-state index contributed by atoms with van der Waals surface area (Å²) in [6.45, 7) is 6.82. The number of benzene rings is 2. The molecule has 2 aromatic rings. The van der Waals surface area contributed by atoms with Gasteiger partial charge in [0.2, 0.25) is 21.8 Å². The highest BCUT2D eigenvalue weighted by Crippen LogP contribution is 2.24. The molecule has 1 unspecified atom stereocenters. The Morgan fingerprint density at radius 3 is 2.47 bits per heavy atom. The summed E-state index contributed by atoms with van der Waals surface area (Å²) in [5.41, 5.74) is 0. The van der Waals surface area contributed by atoms with E-state index in [0.717, 1.165) is 41.2 Å². The van der Waals surface area contributed by atoms with E-state index < -0.39 is 16.1 Å². The van der Waals surface area contributed by atoms with Crippen LogP contribution in [0.2, 0.25) is 0 Å². The molecule has 3 heterocycles. The summed E-state index contributed by atoms with van der Waals surface area (Å²) in [6, 6.07) is 9.43. The number of rotatable bonds is 10. The van der Waals surface area contributed by atoms with Gasteiger partial charge >= 0.3 is 5.97 Å². The van der Waals surface area contributed by atoms with Gasteiger partial charge in [0.1, 0.15) is 6.04 Å². The first kappa shape index (κ1) is 31.8. The molecule has 0 spiro atoms. The van der Waals surface area contributed by atoms with E-state index in [4.69, 9.17) is 4.74 Å². The summed E-state index contributed by atoms with van der Waals surface area (Å²) in [6.07, 6.45) is 3.21. The van der Waals surface area contributed by atoms with Gasteiger partial charge in [0.15, 0.2) is 0 Å². The SMILES string of the molecule is CCOC(=O)CN1CCN(C(=O)CN2CCC[C@H](NS(=O)(=O)c3ccc4cc(Br)ccc4c3)C2=O)C(CN2CCCC2)C1. The molecule has 5 rings (SSSR count). The predicted molar refractivity (Wildman–Crippen MR) is 166 cm³/mol. The quantitative estimate of drug-likeness (QED) is 0.380. The maximum absolute atomic E-state index is 13.7. The van der Waals surface area contributed by atoms with Crippen molar-refractivity contribution in [3.05, 3.63) is 40.9 Å². The predicted octanol–water partition coefficient (Wildman–Crippen LogP) is 2.04. The number of hydrogen-bond acceptors (Lipinski definition) is 8. The first-order chi connectivity index (χ1) is 20.6. The molecule has 0 radical (unpaired) electrons. The van der Waals surface area contributed by atoms with Crippen molar-refractivity contribution in [3.8, 4) is 0 Å². The molecule has 3 fully saturated rings.